The van der Waals surface area contributed by atoms with E-state index in [1.54, 1.807) is 0 Å². The van der Waals surface area contributed by atoms with Gasteiger partial charge in [0, 0.05) is 6.08 Å². The molecular weight excluding hydrogens is 581 g/mol. The average molecular weight is 596 g/mol. The third kappa shape index (κ3) is 6.29. The van der Waals surface area contributed by atoms with Crippen LogP contribution >= 0.6 is 0 Å². The quantitative estimate of drug-likeness (QED) is 0.111. The lowest BCUT2D eigenvalue weighted by atomic mass is 10.1. The van der Waals surface area contributed by atoms with Crippen LogP contribution in [0.5, 0.6) is 5.75 Å². The first kappa shape index (κ1) is 32.4. The molecule has 0 unspecified atom stereocenters. The highest BCUT2D eigenvalue weighted by atomic mass is 32.3. The van der Waals surface area contributed by atoms with Crippen LogP contribution in [-0.2, 0) is 29.6 Å². The second kappa shape index (κ2) is 11.0. The average Bonchev–Trinajstić information content (AvgIpc) is 2.79. The number of esters is 1. The molecule has 0 aliphatic carbocycles. The molecule has 0 spiro atoms. The molecule has 0 saturated carbocycles. The van der Waals surface area contributed by atoms with Gasteiger partial charge in [-0.25, -0.2) is 21.6 Å². The highest BCUT2D eigenvalue weighted by Crippen LogP contribution is 2.55. The number of sulfonamides is 2. The van der Waals surface area contributed by atoms with Crippen LogP contribution in [0.15, 0.2) is 41.8 Å². The van der Waals surface area contributed by atoms with E-state index < -0.39 is 58.1 Å². The van der Waals surface area contributed by atoms with Gasteiger partial charge in [-0.1, -0.05) is 6.58 Å². The number of alkyl halides is 9. The number of nitrogens with zero attached hydrogens (tertiary/aromatic N) is 1. The van der Waals surface area contributed by atoms with Crippen molar-refractivity contribution in [3.05, 3.63) is 42.1 Å². The summed E-state index contributed by atoms with van der Waals surface area (Å²) in [5.41, 5.74) is 0. The number of carbonyl (C=O) groups is 1. The Labute approximate surface area is 203 Å². The smallest absolute Gasteiger partial charge is 0.460 e. The number of unbranched alkanes of at least 4 members (excludes halogenated alkanes) is 1. The van der Waals surface area contributed by atoms with E-state index in [4.69, 9.17) is 4.74 Å². The molecule has 20 heteroatoms. The summed E-state index contributed by atoms with van der Waals surface area (Å²) >= 11 is 0. The van der Waals surface area contributed by atoms with Crippen LogP contribution in [0.25, 0.3) is 0 Å². The van der Waals surface area contributed by atoms with Crippen molar-refractivity contribution < 1.29 is 70.6 Å². The Balaban J connectivity index is 3.07. The Kier molecular flexibility index (Phi) is 9.68. The lowest BCUT2D eigenvalue weighted by Crippen LogP contribution is -2.65. The number of rotatable bonds is 13. The van der Waals surface area contributed by atoms with Crippen molar-refractivity contribution in [1.82, 2.24) is 3.87 Å². The second-order valence-corrected chi connectivity index (χ2v) is 10.5. The van der Waals surface area contributed by atoms with E-state index in [1.165, 1.54) is 0 Å². The number of carbonyl (C=O) groups excluding carboxylic acids is 1. The normalized spacial score (nSPS) is 13.9. The molecule has 212 valence electrons. The minimum Gasteiger partial charge on any atom is -0.758 e. The van der Waals surface area contributed by atoms with E-state index >= 15 is 0 Å². The summed E-state index contributed by atoms with van der Waals surface area (Å²) in [7, 11) is -14.2. The number of hydrogen-bond acceptors (Lipinski definition) is 8. The molecule has 0 N–H and O–H groups in total. The molecule has 1 aromatic rings. The van der Waals surface area contributed by atoms with Gasteiger partial charge >= 0.3 is 29.2 Å². The third-order valence-electron chi connectivity index (χ3n) is 4.17. The van der Waals surface area contributed by atoms with Crippen LogP contribution in [0.4, 0.5) is 39.5 Å². The topological polar surface area (TPSA) is 130 Å². The van der Waals surface area contributed by atoms with Gasteiger partial charge in [0.15, 0.2) is 0 Å². The van der Waals surface area contributed by atoms with Gasteiger partial charge in [0.1, 0.15) is 5.75 Å². The molecule has 1 aromatic carbocycles. The minimum atomic E-state index is -7.93. The molecule has 0 heterocycles. The summed E-state index contributed by atoms with van der Waals surface area (Å²) in [6.07, 6.45) is -5.90. The maximum atomic E-state index is 13.8. The molecule has 0 fully saturated rings. The van der Waals surface area contributed by atoms with Gasteiger partial charge in [-0.3, -0.25) is 0 Å². The first-order valence-electron chi connectivity index (χ1n) is 9.28. The molecule has 0 bridgehead atoms. The minimum absolute atomic E-state index is 0.00220. The zero-order valence-corrected chi connectivity index (χ0v) is 19.5. The molecule has 0 atom stereocenters. The summed E-state index contributed by atoms with van der Waals surface area (Å²) in [5.74, 6) is -16.3. The summed E-state index contributed by atoms with van der Waals surface area (Å²) in [6.45, 7) is 3.10. The molecule has 37 heavy (non-hydrogen) atoms. The maximum Gasteiger partial charge on any atom is 0.460 e. The van der Waals surface area contributed by atoms with Gasteiger partial charge in [-0.2, -0.15) is 43.4 Å². The molecule has 1 rings (SSSR count). The van der Waals surface area contributed by atoms with E-state index in [2.05, 4.69) is 11.3 Å². The van der Waals surface area contributed by atoms with Gasteiger partial charge in [0.05, 0.1) is 18.1 Å². The van der Waals surface area contributed by atoms with Crippen molar-refractivity contribution in [3.8, 4) is 5.75 Å². The Bertz CT molecular complexity index is 1180. The van der Waals surface area contributed by atoms with Crippen LogP contribution in [0.1, 0.15) is 12.8 Å². The van der Waals surface area contributed by atoms with Crippen molar-refractivity contribution in [2.45, 2.75) is 41.0 Å². The fraction of sp³-hybridized carbons (Fsp3) is 0.471. The monoisotopic (exact) mass is 596 g/mol. The van der Waals surface area contributed by atoms with E-state index in [-0.39, 0.29) is 25.4 Å². The molecule has 0 radical (unpaired) electrons. The predicted molar refractivity (Wildman–Crippen MR) is 105 cm³/mol. The Hall–Kier alpha value is -2.58. The first-order chi connectivity index (χ1) is 16.6. The SMILES string of the molecule is C=CC(=O)OCCCCOc1ccc(S(=O)(=O)N([O-])S(=O)(=O)C(F)(F)C(F)(F)C(F)(F)C(F)(F)F)cc1. The molecule has 9 nitrogen and oxygen atoms in total. The van der Waals surface area contributed by atoms with Crippen LogP contribution in [0.3, 0.4) is 0 Å². The van der Waals surface area contributed by atoms with Crippen LogP contribution in [0.2, 0.25) is 0 Å². The van der Waals surface area contributed by atoms with Crippen LogP contribution in [-0.4, -0.2) is 63.2 Å². The number of halogens is 9. The van der Waals surface area contributed by atoms with Gasteiger partial charge in [-0.05, 0) is 37.1 Å². The van der Waals surface area contributed by atoms with Crippen LogP contribution in [0, 0.1) is 5.21 Å². The Morgan fingerprint density at radius 3 is 1.84 bits per heavy atom. The standard InChI is InChI=1S/C17H15F9NO8S2/c1-2-13(28)35-10-4-3-9-34-11-5-7-12(8-6-11)36(30,31)27(29)37(32,33)17(25,26)15(20,21)14(18,19)16(22,23)24/h2,5-8H,1,3-4,9-10H2/q-1. The van der Waals surface area contributed by atoms with Crippen molar-refractivity contribution in [2.75, 3.05) is 13.2 Å². The van der Waals surface area contributed by atoms with E-state index in [0.717, 1.165) is 18.2 Å². The predicted octanol–water partition coefficient (Wildman–Crippen LogP) is 3.82. The number of hydrogen-bond donors (Lipinski definition) is 0. The fourth-order valence-electron chi connectivity index (χ4n) is 2.17. The molecule has 0 aliphatic rings. The van der Waals surface area contributed by atoms with Crippen molar-refractivity contribution in [3.63, 3.8) is 0 Å². The zero-order valence-electron chi connectivity index (χ0n) is 17.9. The largest absolute Gasteiger partial charge is 0.758 e. The van der Waals surface area contributed by atoms with E-state index in [1.807, 2.05) is 0 Å². The highest BCUT2D eigenvalue weighted by Gasteiger charge is 2.85. The van der Waals surface area contributed by atoms with Crippen molar-refractivity contribution in [1.29, 1.82) is 0 Å². The Morgan fingerprint density at radius 1 is 0.892 bits per heavy atom. The van der Waals surface area contributed by atoms with Gasteiger partial charge in [0.2, 0.25) is 10.0 Å². The zero-order chi connectivity index (χ0) is 29.1. The maximum absolute atomic E-state index is 13.8. The van der Waals surface area contributed by atoms with Gasteiger partial charge < -0.3 is 14.7 Å². The van der Waals surface area contributed by atoms with Crippen molar-refractivity contribution >= 4 is 26.0 Å². The lowest BCUT2D eigenvalue weighted by molar-refractivity contribution is -0.382. The second-order valence-electron chi connectivity index (χ2n) is 6.74. The Morgan fingerprint density at radius 2 is 1.38 bits per heavy atom. The molecule has 0 saturated heterocycles. The van der Waals surface area contributed by atoms with E-state index in [9.17, 15) is 66.4 Å². The first-order valence-corrected chi connectivity index (χ1v) is 12.2. The summed E-state index contributed by atoms with van der Waals surface area (Å²) in [6, 6.07) is 2.24. The van der Waals surface area contributed by atoms with Gasteiger partial charge in [-0.15, -0.1) is 0 Å². The van der Waals surface area contributed by atoms with Crippen LogP contribution < -0.4 is 4.74 Å². The van der Waals surface area contributed by atoms with Crippen molar-refractivity contribution in [2.24, 2.45) is 0 Å². The third-order valence-corrected chi connectivity index (χ3v) is 7.91. The number of benzene rings is 1. The number of ether oxygens (including phenoxy) is 2. The summed E-state index contributed by atoms with van der Waals surface area (Å²) in [4.78, 5) is 9.39. The fourth-order valence-corrected chi connectivity index (χ4v) is 5.03. The molecular formula is C17H15F9NO8S2-. The summed E-state index contributed by atoms with van der Waals surface area (Å²) < 4.78 is 171. The highest BCUT2D eigenvalue weighted by molar-refractivity contribution is 8.04. The molecule has 0 aromatic heterocycles. The molecule has 0 amide bonds. The van der Waals surface area contributed by atoms with E-state index in [0.29, 0.717) is 18.6 Å². The van der Waals surface area contributed by atoms with Gasteiger partial charge in [0.25, 0.3) is 10.0 Å². The summed E-state index contributed by atoms with van der Waals surface area (Å²) in [5, 5.41) is 4.18. The lowest BCUT2D eigenvalue weighted by Gasteiger charge is -2.37. The molecule has 0 aliphatic heterocycles.